The Hall–Kier alpha value is -7.69. The molecule has 0 amide bonds. The van der Waals surface area contributed by atoms with Crippen molar-refractivity contribution >= 4 is 38.9 Å². The van der Waals surface area contributed by atoms with Gasteiger partial charge in [0.05, 0.1) is 17.2 Å². The van der Waals surface area contributed by atoms with Crippen LogP contribution in [-0.2, 0) is 5.41 Å². The molecular weight excluding hydrogens is 781 g/mol. The molecule has 13 rings (SSSR count). The Balaban J connectivity index is 0.971. The van der Waals surface area contributed by atoms with Gasteiger partial charge < -0.3 is 14.1 Å². The van der Waals surface area contributed by atoms with E-state index in [2.05, 4.69) is 194 Å². The second kappa shape index (κ2) is 14.4. The lowest BCUT2D eigenvalue weighted by molar-refractivity contribution is 0.430. The number of nitrogens with zero attached hydrogens (tertiary/aromatic N) is 2. The van der Waals surface area contributed by atoms with Gasteiger partial charge in [0.1, 0.15) is 28.5 Å². The maximum atomic E-state index is 7.18. The first-order valence-corrected chi connectivity index (χ1v) is 22.6. The third-order valence-electron chi connectivity index (χ3n) is 14.2. The predicted octanol–water partition coefficient (Wildman–Crippen LogP) is 14.9. The lowest BCUT2D eigenvalue weighted by Crippen LogP contribution is -2.34. The van der Waals surface area contributed by atoms with Crippen LogP contribution < -0.4 is 4.74 Å². The van der Waals surface area contributed by atoms with E-state index < -0.39 is 5.41 Å². The first-order valence-electron chi connectivity index (χ1n) is 22.6. The van der Waals surface area contributed by atoms with Gasteiger partial charge in [0.25, 0.3) is 0 Å². The molecule has 1 spiro atoms. The second-order valence-corrected chi connectivity index (χ2v) is 17.6. The highest BCUT2D eigenvalue weighted by Gasteiger charge is 2.52. The minimum Gasteiger partial charge on any atom is -0.456 e. The zero-order valence-electron chi connectivity index (χ0n) is 35.6. The van der Waals surface area contributed by atoms with Gasteiger partial charge in [-0.3, -0.25) is 0 Å². The van der Waals surface area contributed by atoms with E-state index >= 15 is 0 Å². The summed E-state index contributed by atoms with van der Waals surface area (Å²) in [5.41, 5.74) is 18.3. The Morgan fingerprint density at radius 3 is 2.16 bits per heavy atom. The number of hydrogen-bond donors (Lipinski definition) is 0. The standard InChI is InChI=1S/C60H44N2O2/c1-62-54(39-35-33-38(34-36-39)41-24-15-25-48-46-23-9-13-31-55(46)63-57(41)48)37-53(61-59(62)40-17-3-2-4-18-40)45-22-6-5-19-42(45)47-26-16-30-52-58(47)64-56-32-14-12-29-51(56)60(52)49-27-10-7-20-43(49)44-21-8-11-28-50(44)60/h2-5,7,9-20,23-37,54H,6,8,21-22H2,1H3. The van der Waals surface area contributed by atoms with Crippen LogP contribution in [0, 0.1) is 0 Å². The van der Waals surface area contributed by atoms with Crippen molar-refractivity contribution < 1.29 is 9.15 Å². The van der Waals surface area contributed by atoms with Gasteiger partial charge in [0, 0.05) is 45.6 Å². The topological polar surface area (TPSA) is 38.0 Å². The molecule has 0 N–H and O–H groups in total. The highest BCUT2D eigenvalue weighted by atomic mass is 16.5. The van der Waals surface area contributed by atoms with E-state index in [0.29, 0.717) is 0 Å². The van der Waals surface area contributed by atoms with Gasteiger partial charge in [-0.15, -0.1) is 0 Å². The average molecular weight is 825 g/mol. The van der Waals surface area contributed by atoms with Gasteiger partial charge in [-0.2, -0.15) is 0 Å². The van der Waals surface area contributed by atoms with E-state index in [1.165, 1.54) is 44.5 Å². The number of ether oxygens (including phenoxy) is 1. The minimum absolute atomic E-state index is 0.0621. The molecule has 2 atom stereocenters. The molecule has 3 heterocycles. The summed E-state index contributed by atoms with van der Waals surface area (Å²) in [7, 11) is 2.17. The zero-order chi connectivity index (χ0) is 42.4. The number of furan rings is 1. The Labute approximate surface area is 373 Å². The van der Waals surface area contributed by atoms with E-state index in [1.807, 2.05) is 12.1 Å². The monoisotopic (exact) mass is 824 g/mol. The predicted molar refractivity (Wildman–Crippen MR) is 261 cm³/mol. The molecule has 4 nitrogen and oxygen atoms in total. The van der Waals surface area contributed by atoms with Gasteiger partial charge >= 0.3 is 0 Å². The van der Waals surface area contributed by atoms with Crippen molar-refractivity contribution in [2.24, 2.45) is 4.99 Å². The molecule has 0 fully saturated rings. The number of allylic oxidation sites excluding steroid dienone is 8. The van der Waals surface area contributed by atoms with Crippen molar-refractivity contribution in [3.8, 4) is 22.6 Å². The lowest BCUT2D eigenvalue weighted by atomic mass is 9.64. The third-order valence-corrected chi connectivity index (χ3v) is 14.2. The van der Waals surface area contributed by atoms with Gasteiger partial charge in [-0.1, -0.05) is 176 Å². The molecule has 0 saturated heterocycles. The SMILES string of the molecule is CN1C(c2ccccc2)=NC(C2=C(c3cccc4c3Oc3ccccc3C43C4=C(CCC=C4)c4ccccc43)C=CCC2)=CC1c1ccc(-c2cccc3c2oc2ccccc23)cc1. The molecule has 0 saturated carbocycles. The van der Waals surface area contributed by atoms with Crippen LogP contribution in [0.1, 0.15) is 70.7 Å². The highest BCUT2D eigenvalue weighted by Crippen LogP contribution is 2.63. The van der Waals surface area contributed by atoms with Crippen molar-refractivity contribution in [2.45, 2.75) is 37.1 Å². The number of likely N-dealkylation sites (N-methyl/N-ethyl adjacent to an activating group) is 1. The quantitative estimate of drug-likeness (QED) is 0.173. The highest BCUT2D eigenvalue weighted by molar-refractivity contribution is 6.09. The molecule has 306 valence electrons. The number of rotatable bonds is 5. The summed E-state index contributed by atoms with van der Waals surface area (Å²) in [4.78, 5) is 7.89. The van der Waals surface area contributed by atoms with E-state index in [1.54, 1.807) is 0 Å². The van der Waals surface area contributed by atoms with Gasteiger partial charge in [0.15, 0.2) is 0 Å². The molecule has 0 radical (unpaired) electrons. The van der Waals surface area contributed by atoms with E-state index in [0.717, 1.165) is 98.5 Å². The summed E-state index contributed by atoms with van der Waals surface area (Å²) < 4.78 is 13.6. The van der Waals surface area contributed by atoms with E-state index in [4.69, 9.17) is 14.1 Å². The number of amidine groups is 1. The van der Waals surface area contributed by atoms with Crippen molar-refractivity contribution in [1.82, 2.24) is 4.90 Å². The molecule has 64 heavy (non-hydrogen) atoms. The summed E-state index contributed by atoms with van der Waals surface area (Å²) in [6.07, 6.45) is 15.7. The van der Waals surface area contributed by atoms with Crippen molar-refractivity contribution in [2.75, 3.05) is 7.05 Å². The van der Waals surface area contributed by atoms with Crippen LogP contribution in [0.4, 0.5) is 0 Å². The first-order chi connectivity index (χ1) is 31.7. The molecule has 8 aromatic rings. The zero-order valence-corrected chi connectivity index (χ0v) is 35.6. The summed E-state index contributed by atoms with van der Waals surface area (Å²) in [5.74, 6) is 2.79. The Kier molecular flexibility index (Phi) is 8.33. The Morgan fingerprint density at radius 2 is 1.27 bits per heavy atom. The second-order valence-electron chi connectivity index (χ2n) is 17.6. The average Bonchev–Trinajstić information content (AvgIpc) is 3.89. The van der Waals surface area contributed by atoms with Crippen molar-refractivity contribution in [3.63, 3.8) is 0 Å². The number of fused-ring (bicyclic) bond motifs is 11. The molecule has 7 aromatic carbocycles. The van der Waals surface area contributed by atoms with Crippen molar-refractivity contribution in [1.29, 1.82) is 0 Å². The van der Waals surface area contributed by atoms with Crippen LogP contribution in [0.15, 0.2) is 220 Å². The third kappa shape index (κ3) is 5.38. The summed E-state index contributed by atoms with van der Waals surface area (Å²) in [6, 6.07) is 58.9. The number of para-hydroxylation sites is 4. The molecule has 4 heteroatoms. The van der Waals surface area contributed by atoms with Crippen LogP contribution in [0.3, 0.4) is 0 Å². The molecule has 5 aliphatic rings. The van der Waals surface area contributed by atoms with Crippen LogP contribution in [0.2, 0.25) is 0 Å². The first kappa shape index (κ1) is 36.9. The fourth-order valence-corrected chi connectivity index (χ4v) is 11.4. The molecule has 0 bridgehead atoms. The number of benzene rings is 7. The lowest BCUT2D eigenvalue weighted by Gasteiger charge is -2.41. The van der Waals surface area contributed by atoms with Crippen LogP contribution >= 0.6 is 0 Å². The largest absolute Gasteiger partial charge is 0.456 e. The molecule has 1 aromatic heterocycles. The number of hydrogen-bond acceptors (Lipinski definition) is 4. The van der Waals surface area contributed by atoms with E-state index in [9.17, 15) is 0 Å². The van der Waals surface area contributed by atoms with Crippen molar-refractivity contribution in [3.05, 3.63) is 250 Å². The maximum Gasteiger partial charge on any atom is 0.143 e. The van der Waals surface area contributed by atoms with E-state index in [-0.39, 0.29) is 6.04 Å². The van der Waals surface area contributed by atoms with Gasteiger partial charge in [-0.05, 0) is 88.4 Å². The molecule has 2 unspecified atom stereocenters. The fourth-order valence-electron chi connectivity index (χ4n) is 11.4. The minimum atomic E-state index is -0.485. The van der Waals surface area contributed by atoms with Crippen LogP contribution in [0.5, 0.6) is 11.5 Å². The number of aliphatic imine (C=N–C) groups is 1. The van der Waals surface area contributed by atoms with Gasteiger partial charge in [-0.25, -0.2) is 4.99 Å². The van der Waals surface area contributed by atoms with Gasteiger partial charge in [0.2, 0.25) is 0 Å². The fraction of sp³-hybridized carbons (Fsp3) is 0.117. The molecular formula is C60H44N2O2. The molecule has 2 aliphatic heterocycles. The normalized spacial score (nSPS) is 19.6. The summed E-state index contributed by atoms with van der Waals surface area (Å²) in [6.45, 7) is 0. The summed E-state index contributed by atoms with van der Waals surface area (Å²) >= 11 is 0. The Morgan fingerprint density at radius 1 is 0.578 bits per heavy atom. The smallest absolute Gasteiger partial charge is 0.143 e. The molecule has 3 aliphatic carbocycles. The van der Waals surface area contributed by atoms with Crippen LogP contribution in [0.25, 0.3) is 44.2 Å². The maximum absolute atomic E-state index is 7.18. The Bertz CT molecular complexity index is 3430. The summed E-state index contributed by atoms with van der Waals surface area (Å²) in [5, 5.41) is 2.27. The van der Waals surface area contributed by atoms with Crippen LogP contribution in [-0.4, -0.2) is 17.8 Å².